The number of hydrogen-bond acceptors (Lipinski definition) is 3. The number of hydrogen-bond donors (Lipinski definition) is 2. The van der Waals surface area contributed by atoms with Crippen molar-refractivity contribution in [3.05, 3.63) is 0 Å². The predicted molar refractivity (Wildman–Crippen MR) is 45.7 cm³/mol. The van der Waals surface area contributed by atoms with Gasteiger partial charge in [-0.25, -0.2) is 0 Å². The van der Waals surface area contributed by atoms with Crippen LogP contribution in [0.1, 0.15) is 6.42 Å². The van der Waals surface area contributed by atoms with Crippen molar-refractivity contribution in [2.45, 2.75) is 18.5 Å². The Bertz CT molecular complexity index is 127. The molecule has 2 N–H and O–H groups in total. The molecule has 0 radical (unpaired) electrons. The summed E-state index contributed by atoms with van der Waals surface area (Å²) in [5.41, 5.74) is 0. The number of nitrogens with zero attached hydrogens (tertiary/aromatic N) is 1. The van der Waals surface area contributed by atoms with E-state index in [2.05, 4.69) is 22.6 Å². The van der Waals surface area contributed by atoms with Crippen LogP contribution in [0.15, 0.2) is 0 Å². The Labute approximate surface area is 68.1 Å². The Kier molecular flexibility index (Phi) is 2.11. The van der Waals surface area contributed by atoms with E-state index in [1.807, 2.05) is 0 Å². The highest BCUT2D eigenvalue weighted by molar-refractivity contribution is 4.89. The lowest BCUT2D eigenvalue weighted by Crippen LogP contribution is -2.58. The van der Waals surface area contributed by atoms with Crippen LogP contribution < -0.4 is 10.6 Å². The minimum atomic E-state index is 0.794. The SMILES string of the molecule is CN(C1CCNC1)C1CNC1. The standard InChI is InChI=1S/C8H17N3/c1-11(8-5-10-6-8)7-2-3-9-4-7/h7-10H,2-6H2,1H3. The van der Waals surface area contributed by atoms with Crippen molar-refractivity contribution >= 4 is 0 Å². The van der Waals surface area contributed by atoms with Crippen LogP contribution in [0.5, 0.6) is 0 Å². The van der Waals surface area contributed by atoms with E-state index in [0.29, 0.717) is 0 Å². The molecule has 2 rings (SSSR count). The zero-order valence-corrected chi connectivity index (χ0v) is 7.14. The molecule has 3 heteroatoms. The van der Waals surface area contributed by atoms with Gasteiger partial charge in [-0.05, 0) is 20.0 Å². The van der Waals surface area contributed by atoms with Gasteiger partial charge in [0.25, 0.3) is 0 Å². The summed E-state index contributed by atoms with van der Waals surface area (Å²) in [6.45, 7) is 4.77. The summed E-state index contributed by atoms with van der Waals surface area (Å²) in [6.07, 6.45) is 1.33. The molecule has 0 bridgehead atoms. The molecule has 2 aliphatic heterocycles. The largest absolute Gasteiger partial charge is 0.315 e. The van der Waals surface area contributed by atoms with Crippen molar-refractivity contribution < 1.29 is 0 Å². The first kappa shape index (κ1) is 7.53. The van der Waals surface area contributed by atoms with E-state index in [-0.39, 0.29) is 0 Å². The zero-order chi connectivity index (χ0) is 7.68. The van der Waals surface area contributed by atoms with Gasteiger partial charge >= 0.3 is 0 Å². The first-order valence-corrected chi connectivity index (χ1v) is 4.51. The lowest BCUT2D eigenvalue weighted by atomic mass is 10.1. The summed E-state index contributed by atoms with van der Waals surface area (Å²) < 4.78 is 0. The molecule has 0 aromatic heterocycles. The normalized spacial score (nSPS) is 32.7. The Morgan fingerprint density at radius 1 is 1.09 bits per heavy atom. The molecule has 11 heavy (non-hydrogen) atoms. The lowest BCUT2D eigenvalue weighted by Gasteiger charge is -2.38. The van der Waals surface area contributed by atoms with E-state index in [1.54, 1.807) is 0 Å². The van der Waals surface area contributed by atoms with E-state index in [9.17, 15) is 0 Å². The van der Waals surface area contributed by atoms with Crippen LogP contribution in [0, 0.1) is 0 Å². The van der Waals surface area contributed by atoms with Gasteiger partial charge in [0.1, 0.15) is 0 Å². The first-order chi connectivity index (χ1) is 5.38. The molecule has 64 valence electrons. The molecule has 2 fully saturated rings. The van der Waals surface area contributed by atoms with Crippen molar-refractivity contribution in [3.8, 4) is 0 Å². The maximum absolute atomic E-state index is 3.39. The summed E-state index contributed by atoms with van der Waals surface area (Å²) in [5, 5.41) is 6.70. The minimum Gasteiger partial charge on any atom is -0.315 e. The van der Waals surface area contributed by atoms with Gasteiger partial charge in [-0.3, -0.25) is 4.90 Å². The fourth-order valence-corrected chi connectivity index (χ4v) is 1.85. The quantitative estimate of drug-likeness (QED) is 0.549. The molecule has 0 saturated carbocycles. The second-order valence-corrected chi connectivity index (χ2v) is 3.62. The molecule has 0 aromatic carbocycles. The molecule has 0 aromatic rings. The molecule has 2 aliphatic rings. The third-order valence-corrected chi connectivity index (χ3v) is 2.95. The summed E-state index contributed by atoms with van der Waals surface area (Å²) in [4.78, 5) is 2.52. The molecular weight excluding hydrogens is 138 g/mol. The van der Waals surface area contributed by atoms with Crippen molar-refractivity contribution in [2.24, 2.45) is 0 Å². The average Bonchev–Trinajstić information content (AvgIpc) is 2.32. The highest BCUT2D eigenvalue weighted by atomic mass is 15.3. The smallest absolute Gasteiger partial charge is 0.0345 e. The Hall–Kier alpha value is -0.120. The van der Waals surface area contributed by atoms with Gasteiger partial charge in [0.15, 0.2) is 0 Å². The van der Waals surface area contributed by atoms with Crippen molar-refractivity contribution in [1.82, 2.24) is 15.5 Å². The van der Waals surface area contributed by atoms with E-state index < -0.39 is 0 Å². The highest BCUT2D eigenvalue weighted by Crippen LogP contribution is 2.11. The first-order valence-electron chi connectivity index (χ1n) is 4.51. The van der Waals surface area contributed by atoms with Gasteiger partial charge in [0.05, 0.1) is 0 Å². The van der Waals surface area contributed by atoms with Crippen LogP contribution in [0.2, 0.25) is 0 Å². The molecule has 1 atom stereocenters. The topological polar surface area (TPSA) is 27.3 Å². The van der Waals surface area contributed by atoms with Gasteiger partial charge in [-0.2, -0.15) is 0 Å². The van der Waals surface area contributed by atoms with Crippen molar-refractivity contribution in [1.29, 1.82) is 0 Å². The minimum absolute atomic E-state index is 0.794. The highest BCUT2D eigenvalue weighted by Gasteiger charge is 2.28. The second-order valence-electron chi connectivity index (χ2n) is 3.62. The zero-order valence-electron chi connectivity index (χ0n) is 7.14. The van der Waals surface area contributed by atoms with Gasteiger partial charge in [0.2, 0.25) is 0 Å². The van der Waals surface area contributed by atoms with Crippen molar-refractivity contribution in [3.63, 3.8) is 0 Å². The maximum Gasteiger partial charge on any atom is 0.0345 e. The van der Waals surface area contributed by atoms with Crippen LogP contribution >= 0.6 is 0 Å². The molecule has 2 saturated heterocycles. The molecular formula is C8H17N3. The van der Waals surface area contributed by atoms with Crippen LogP contribution in [-0.2, 0) is 0 Å². The molecule has 0 aliphatic carbocycles. The lowest BCUT2D eigenvalue weighted by molar-refractivity contribution is 0.136. The number of nitrogens with one attached hydrogen (secondary N) is 2. The fourth-order valence-electron chi connectivity index (χ4n) is 1.85. The summed E-state index contributed by atoms with van der Waals surface area (Å²) >= 11 is 0. The van der Waals surface area contributed by atoms with E-state index in [4.69, 9.17) is 0 Å². The number of rotatable bonds is 2. The predicted octanol–water partition coefficient (Wildman–Crippen LogP) is -0.748. The molecule has 1 unspecified atom stereocenters. The summed E-state index contributed by atoms with van der Waals surface area (Å²) in [6, 6.07) is 1.60. The monoisotopic (exact) mass is 155 g/mol. The molecule has 0 spiro atoms. The van der Waals surface area contributed by atoms with Crippen LogP contribution in [0.25, 0.3) is 0 Å². The van der Waals surface area contributed by atoms with Gasteiger partial charge in [-0.1, -0.05) is 0 Å². The summed E-state index contributed by atoms with van der Waals surface area (Å²) in [5.74, 6) is 0. The Balaban J connectivity index is 1.82. The third kappa shape index (κ3) is 1.41. The molecule has 3 nitrogen and oxygen atoms in total. The van der Waals surface area contributed by atoms with Crippen LogP contribution in [0.3, 0.4) is 0 Å². The Morgan fingerprint density at radius 2 is 1.82 bits per heavy atom. The van der Waals surface area contributed by atoms with Gasteiger partial charge < -0.3 is 10.6 Å². The van der Waals surface area contributed by atoms with Crippen molar-refractivity contribution in [2.75, 3.05) is 33.2 Å². The molecule has 2 heterocycles. The van der Waals surface area contributed by atoms with Gasteiger partial charge in [-0.15, -0.1) is 0 Å². The maximum atomic E-state index is 3.39. The molecule has 0 amide bonds. The van der Waals surface area contributed by atoms with E-state index in [0.717, 1.165) is 12.1 Å². The average molecular weight is 155 g/mol. The van der Waals surface area contributed by atoms with Crippen LogP contribution in [0.4, 0.5) is 0 Å². The second kappa shape index (κ2) is 3.09. The fraction of sp³-hybridized carbons (Fsp3) is 1.00. The van der Waals surface area contributed by atoms with Gasteiger partial charge in [0, 0.05) is 31.7 Å². The third-order valence-electron chi connectivity index (χ3n) is 2.95. The van der Waals surface area contributed by atoms with E-state index in [1.165, 1.54) is 32.6 Å². The summed E-state index contributed by atoms with van der Waals surface area (Å²) in [7, 11) is 2.25. The number of likely N-dealkylation sites (N-methyl/N-ethyl adjacent to an activating group) is 1. The van der Waals surface area contributed by atoms with Crippen LogP contribution in [-0.4, -0.2) is 50.2 Å². The Morgan fingerprint density at radius 3 is 2.27 bits per heavy atom. The van der Waals surface area contributed by atoms with E-state index >= 15 is 0 Å².